The van der Waals surface area contributed by atoms with Gasteiger partial charge in [0, 0.05) is 28.3 Å². The molecule has 1 unspecified atom stereocenters. The Balaban J connectivity index is 2.78. The van der Waals surface area contributed by atoms with E-state index in [0.717, 1.165) is 23.0 Å². The highest BCUT2D eigenvalue weighted by atomic mass is 79.9. The Morgan fingerprint density at radius 3 is 2.67 bits per heavy atom. The standard InChI is InChI=1S/C11H17BrN2O/c1-2-11(7-13,8-15)5-10-4-3-9(12)6-14-10/h3-4,6,15H,2,5,7-8,13H2,1H3. The largest absolute Gasteiger partial charge is 0.396 e. The predicted molar refractivity (Wildman–Crippen MR) is 64.5 cm³/mol. The summed E-state index contributed by atoms with van der Waals surface area (Å²) in [5.41, 5.74) is 6.46. The minimum absolute atomic E-state index is 0.109. The maximum Gasteiger partial charge on any atom is 0.0503 e. The molecular formula is C11H17BrN2O. The van der Waals surface area contributed by atoms with Crippen LogP contribution in [0.4, 0.5) is 0 Å². The van der Waals surface area contributed by atoms with E-state index in [1.165, 1.54) is 0 Å². The maximum absolute atomic E-state index is 9.38. The molecule has 0 radical (unpaired) electrons. The van der Waals surface area contributed by atoms with Crippen LogP contribution in [-0.4, -0.2) is 23.2 Å². The molecule has 0 saturated carbocycles. The van der Waals surface area contributed by atoms with E-state index in [-0.39, 0.29) is 12.0 Å². The zero-order chi connectivity index (χ0) is 11.3. The van der Waals surface area contributed by atoms with Crippen LogP contribution in [-0.2, 0) is 6.42 Å². The quantitative estimate of drug-likeness (QED) is 0.859. The summed E-state index contributed by atoms with van der Waals surface area (Å²) in [5, 5.41) is 9.38. The molecule has 0 spiro atoms. The zero-order valence-electron chi connectivity index (χ0n) is 8.91. The van der Waals surface area contributed by atoms with E-state index in [1.807, 2.05) is 19.1 Å². The van der Waals surface area contributed by atoms with Crippen LogP contribution < -0.4 is 5.73 Å². The van der Waals surface area contributed by atoms with Crippen LogP contribution in [0.15, 0.2) is 22.8 Å². The predicted octanol–water partition coefficient (Wildman–Crippen LogP) is 1.73. The molecule has 0 amide bonds. The van der Waals surface area contributed by atoms with Gasteiger partial charge in [0.25, 0.3) is 0 Å². The number of hydrogen-bond donors (Lipinski definition) is 2. The molecular weight excluding hydrogens is 256 g/mol. The minimum Gasteiger partial charge on any atom is -0.396 e. The summed E-state index contributed by atoms with van der Waals surface area (Å²) in [6.45, 7) is 2.64. The van der Waals surface area contributed by atoms with E-state index in [0.29, 0.717) is 6.54 Å². The number of pyridine rings is 1. The normalized spacial score (nSPS) is 14.9. The van der Waals surface area contributed by atoms with Crippen molar-refractivity contribution in [3.05, 3.63) is 28.5 Å². The number of halogens is 1. The summed E-state index contributed by atoms with van der Waals surface area (Å²) in [7, 11) is 0. The lowest BCUT2D eigenvalue weighted by Crippen LogP contribution is -2.36. The van der Waals surface area contributed by atoms with E-state index < -0.39 is 0 Å². The first-order valence-corrected chi connectivity index (χ1v) is 5.86. The van der Waals surface area contributed by atoms with Crippen LogP contribution in [0.3, 0.4) is 0 Å². The van der Waals surface area contributed by atoms with Gasteiger partial charge < -0.3 is 10.8 Å². The highest BCUT2D eigenvalue weighted by Crippen LogP contribution is 2.24. The molecule has 0 aromatic carbocycles. The van der Waals surface area contributed by atoms with Gasteiger partial charge in [0.2, 0.25) is 0 Å². The lowest BCUT2D eigenvalue weighted by atomic mass is 9.81. The monoisotopic (exact) mass is 272 g/mol. The van der Waals surface area contributed by atoms with Gasteiger partial charge in [0.05, 0.1) is 6.61 Å². The number of aromatic nitrogens is 1. The third-order valence-corrected chi connectivity index (χ3v) is 3.33. The molecule has 1 aromatic rings. The number of aliphatic hydroxyl groups is 1. The summed E-state index contributed by atoms with van der Waals surface area (Å²) in [5.74, 6) is 0. The first-order valence-electron chi connectivity index (χ1n) is 5.07. The third kappa shape index (κ3) is 3.26. The average Bonchev–Trinajstić information content (AvgIpc) is 2.29. The van der Waals surface area contributed by atoms with Gasteiger partial charge in [-0.15, -0.1) is 0 Å². The Kier molecular flexibility index (Phi) is 4.70. The van der Waals surface area contributed by atoms with Crippen LogP contribution in [0, 0.1) is 5.41 Å². The molecule has 0 aliphatic carbocycles. The van der Waals surface area contributed by atoms with E-state index in [1.54, 1.807) is 6.20 Å². The topological polar surface area (TPSA) is 59.1 Å². The van der Waals surface area contributed by atoms with Crippen molar-refractivity contribution in [1.82, 2.24) is 4.98 Å². The zero-order valence-corrected chi connectivity index (χ0v) is 10.5. The fraction of sp³-hybridized carbons (Fsp3) is 0.545. The number of nitrogens with two attached hydrogens (primary N) is 1. The molecule has 0 fully saturated rings. The summed E-state index contributed by atoms with van der Waals surface area (Å²) in [6, 6.07) is 3.91. The van der Waals surface area contributed by atoms with Gasteiger partial charge in [0.15, 0.2) is 0 Å². The van der Waals surface area contributed by atoms with Gasteiger partial charge in [-0.25, -0.2) is 0 Å². The molecule has 0 bridgehead atoms. The molecule has 1 atom stereocenters. The van der Waals surface area contributed by atoms with Gasteiger partial charge >= 0.3 is 0 Å². The molecule has 0 aliphatic heterocycles. The molecule has 1 aromatic heterocycles. The Labute approximate surface area is 98.8 Å². The fourth-order valence-electron chi connectivity index (χ4n) is 1.47. The molecule has 3 N–H and O–H groups in total. The van der Waals surface area contributed by atoms with Crippen molar-refractivity contribution in [2.45, 2.75) is 19.8 Å². The number of rotatable bonds is 5. The van der Waals surface area contributed by atoms with Crippen LogP contribution in [0.5, 0.6) is 0 Å². The highest BCUT2D eigenvalue weighted by molar-refractivity contribution is 9.10. The Hall–Kier alpha value is -0.450. The van der Waals surface area contributed by atoms with Gasteiger partial charge in [-0.05, 0) is 40.9 Å². The van der Waals surface area contributed by atoms with Crippen LogP contribution >= 0.6 is 15.9 Å². The smallest absolute Gasteiger partial charge is 0.0503 e. The Morgan fingerprint density at radius 2 is 2.27 bits per heavy atom. The van der Waals surface area contributed by atoms with Gasteiger partial charge in [-0.1, -0.05) is 6.92 Å². The van der Waals surface area contributed by atoms with Gasteiger partial charge in [0.1, 0.15) is 0 Å². The minimum atomic E-state index is -0.221. The van der Waals surface area contributed by atoms with Crippen molar-refractivity contribution in [1.29, 1.82) is 0 Å². The third-order valence-electron chi connectivity index (χ3n) is 2.86. The molecule has 3 nitrogen and oxygen atoms in total. The maximum atomic E-state index is 9.38. The second kappa shape index (κ2) is 5.58. The second-order valence-corrected chi connectivity index (χ2v) is 4.78. The van der Waals surface area contributed by atoms with Crippen molar-refractivity contribution in [2.75, 3.05) is 13.2 Å². The van der Waals surface area contributed by atoms with Crippen LogP contribution in [0.1, 0.15) is 19.0 Å². The summed E-state index contributed by atoms with van der Waals surface area (Å²) >= 11 is 3.34. The van der Waals surface area contributed by atoms with Gasteiger partial charge in [-0.2, -0.15) is 0 Å². The Morgan fingerprint density at radius 1 is 1.53 bits per heavy atom. The molecule has 1 rings (SSSR count). The molecule has 0 aliphatic rings. The van der Waals surface area contributed by atoms with E-state index in [2.05, 4.69) is 20.9 Å². The number of hydrogen-bond acceptors (Lipinski definition) is 3. The van der Waals surface area contributed by atoms with E-state index in [9.17, 15) is 5.11 Å². The first-order chi connectivity index (χ1) is 7.15. The first kappa shape index (κ1) is 12.6. The molecule has 4 heteroatoms. The SMILES string of the molecule is CCC(CN)(CO)Cc1ccc(Br)cn1. The summed E-state index contributed by atoms with van der Waals surface area (Å²) in [6.07, 6.45) is 3.35. The van der Waals surface area contributed by atoms with Gasteiger partial charge in [-0.3, -0.25) is 4.98 Å². The Bertz CT molecular complexity index is 288. The number of nitrogens with zero attached hydrogens (tertiary/aromatic N) is 1. The lowest BCUT2D eigenvalue weighted by Gasteiger charge is -2.28. The van der Waals surface area contributed by atoms with Crippen molar-refractivity contribution in [3.63, 3.8) is 0 Å². The number of aliphatic hydroxyl groups excluding tert-OH is 1. The fourth-order valence-corrected chi connectivity index (χ4v) is 1.70. The molecule has 1 heterocycles. The average molecular weight is 273 g/mol. The summed E-state index contributed by atoms with van der Waals surface area (Å²) in [4.78, 5) is 4.29. The van der Waals surface area contributed by atoms with E-state index >= 15 is 0 Å². The van der Waals surface area contributed by atoms with Crippen molar-refractivity contribution in [2.24, 2.45) is 11.1 Å². The van der Waals surface area contributed by atoms with Crippen LogP contribution in [0.2, 0.25) is 0 Å². The summed E-state index contributed by atoms with van der Waals surface area (Å²) < 4.78 is 0.963. The van der Waals surface area contributed by atoms with Crippen molar-refractivity contribution >= 4 is 15.9 Å². The molecule has 15 heavy (non-hydrogen) atoms. The molecule has 84 valence electrons. The second-order valence-electron chi connectivity index (χ2n) is 3.86. The molecule has 0 saturated heterocycles. The van der Waals surface area contributed by atoms with Crippen LogP contribution in [0.25, 0.3) is 0 Å². The van der Waals surface area contributed by atoms with Crippen molar-refractivity contribution in [3.8, 4) is 0 Å². The highest BCUT2D eigenvalue weighted by Gasteiger charge is 2.26. The van der Waals surface area contributed by atoms with Crippen molar-refractivity contribution < 1.29 is 5.11 Å². The van der Waals surface area contributed by atoms with E-state index in [4.69, 9.17) is 5.73 Å². The lowest BCUT2D eigenvalue weighted by molar-refractivity contribution is 0.126.